The van der Waals surface area contributed by atoms with Crippen LogP contribution in [0.25, 0.3) is 0 Å². The predicted octanol–water partition coefficient (Wildman–Crippen LogP) is 6.52. The molecule has 6 heteroatoms. The average molecular weight is 413 g/mol. The van der Waals surface area contributed by atoms with Crippen molar-refractivity contribution in [2.45, 2.75) is 23.1 Å². The highest BCUT2D eigenvalue weighted by Gasteiger charge is 2.43. The Bertz CT molecular complexity index is 1010. The molecule has 0 amide bonds. The highest BCUT2D eigenvalue weighted by molar-refractivity contribution is 7.99. The second-order valence-electron chi connectivity index (χ2n) is 6.85. The smallest absolute Gasteiger partial charge is 0.383 e. The van der Waals surface area contributed by atoms with E-state index in [1.165, 1.54) is 12.1 Å². The van der Waals surface area contributed by atoms with E-state index in [1.807, 2.05) is 60.7 Å². The van der Waals surface area contributed by atoms with Crippen molar-refractivity contribution in [3.63, 3.8) is 0 Å². The van der Waals surface area contributed by atoms with Crippen LogP contribution in [-0.4, -0.2) is 11.5 Å². The summed E-state index contributed by atoms with van der Waals surface area (Å²) in [4.78, 5) is 6.91. The lowest BCUT2D eigenvalue weighted by Gasteiger charge is -2.27. The molecule has 0 bridgehead atoms. The molecule has 0 fully saturated rings. The van der Waals surface area contributed by atoms with Crippen molar-refractivity contribution in [1.82, 2.24) is 0 Å². The Hall–Kier alpha value is -2.73. The van der Waals surface area contributed by atoms with E-state index < -0.39 is 17.3 Å². The largest absolute Gasteiger partial charge is 0.416 e. The minimum absolute atomic E-state index is 0.401. The van der Waals surface area contributed by atoms with Crippen LogP contribution in [0.5, 0.6) is 0 Å². The van der Waals surface area contributed by atoms with Crippen LogP contribution < -0.4 is 0 Å². The molecule has 1 heterocycles. The first kappa shape index (κ1) is 19.6. The van der Waals surface area contributed by atoms with Gasteiger partial charge in [-0.25, -0.2) is 0 Å². The quantitative estimate of drug-likeness (QED) is 0.444. The predicted molar refractivity (Wildman–Crippen MR) is 109 cm³/mol. The summed E-state index contributed by atoms with van der Waals surface area (Å²) in [5.41, 5.74) is 0.469. The summed E-state index contributed by atoms with van der Waals surface area (Å²) >= 11 is 1.54. The summed E-state index contributed by atoms with van der Waals surface area (Å²) in [6.45, 7) is 0. The van der Waals surface area contributed by atoms with Gasteiger partial charge in [-0.2, -0.15) is 13.2 Å². The van der Waals surface area contributed by atoms with Gasteiger partial charge in [0.2, 0.25) is 0 Å². The van der Waals surface area contributed by atoms with Crippen molar-refractivity contribution >= 4 is 17.5 Å². The molecule has 0 N–H and O–H groups in total. The van der Waals surface area contributed by atoms with Gasteiger partial charge in [0.1, 0.15) is 0 Å². The third-order valence-electron chi connectivity index (χ3n) is 4.82. The molecular formula is C23H18F3NOS. The average Bonchev–Trinajstić information content (AvgIpc) is 3.19. The van der Waals surface area contributed by atoms with E-state index in [9.17, 15) is 13.2 Å². The summed E-state index contributed by atoms with van der Waals surface area (Å²) in [6.07, 6.45) is -4.01. The Morgan fingerprint density at radius 2 is 1.59 bits per heavy atom. The minimum atomic E-state index is -4.41. The number of halogens is 3. The Morgan fingerprint density at radius 3 is 2.28 bits per heavy atom. The molecule has 0 radical (unpaired) electrons. The zero-order valence-corrected chi connectivity index (χ0v) is 16.2. The summed E-state index contributed by atoms with van der Waals surface area (Å²) in [6, 6.07) is 24.7. The van der Waals surface area contributed by atoms with Crippen LogP contribution in [0.1, 0.15) is 23.1 Å². The molecule has 4 rings (SSSR count). The SMILES string of the molecule is FC(F)(F)c1cccc([C@]2(CSc3ccccc3)CC(c3ccccc3)=NO2)c1. The first-order valence-corrected chi connectivity index (χ1v) is 10.1. The number of hydrogen-bond donors (Lipinski definition) is 0. The van der Waals surface area contributed by atoms with Gasteiger partial charge >= 0.3 is 6.18 Å². The maximum Gasteiger partial charge on any atom is 0.416 e. The zero-order chi connectivity index (χ0) is 20.3. The molecule has 1 atom stereocenters. The van der Waals surface area contributed by atoms with Gasteiger partial charge in [-0.15, -0.1) is 11.8 Å². The number of oxime groups is 1. The maximum atomic E-state index is 13.3. The van der Waals surface area contributed by atoms with Crippen molar-refractivity contribution in [3.8, 4) is 0 Å². The van der Waals surface area contributed by atoms with Crippen molar-refractivity contribution in [2.24, 2.45) is 5.16 Å². The number of thioether (sulfide) groups is 1. The lowest BCUT2D eigenvalue weighted by molar-refractivity contribution is -0.137. The lowest BCUT2D eigenvalue weighted by Crippen LogP contribution is -2.30. The minimum Gasteiger partial charge on any atom is -0.383 e. The molecule has 0 aliphatic carbocycles. The van der Waals surface area contributed by atoms with E-state index in [1.54, 1.807) is 17.8 Å². The van der Waals surface area contributed by atoms with Crippen LogP contribution in [0.15, 0.2) is 95.0 Å². The van der Waals surface area contributed by atoms with Crippen molar-refractivity contribution < 1.29 is 18.0 Å². The molecule has 0 saturated carbocycles. The number of hydrogen-bond acceptors (Lipinski definition) is 3. The van der Waals surface area contributed by atoms with Crippen LogP contribution in [0.4, 0.5) is 13.2 Å². The first-order chi connectivity index (χ1) is 14.0. The van der Waals surface area contributed by atoms with E-state index in [-0.39, 0.29) is 0 Å². The fraction of sp³-hybridized carbons (Fsp3) is 0.174. The second-order valence-corrected chi connectivity index (χ2v) is 7.90. The molecule has 0 saturated heterocycles. The number of rotatable bonds is 5. The van der Waals surface area contributed by atoms with Crippen LogP contribution >= 0.6 is 11.8 Å². The molecule has 0 aromatic heterocycles. The van der Waals surface area contributed by atoms with Gasteiger partial charge in [0, 0.05) is 17.1 Å². The van der Waals surface area contributed by atoms with Gasteiger partial charge in [-0.1, -0.05) is 65.8 Å². The van der Waals surface area contributed by atoms with Crippen LogP contribution in [-0.2, 0) is 16.6 Å². The highest BCUT2D eigenvalue weighted by Crippen LogP contribution is 2.42. The molecule has 3 aromatic rings. The Morgan fingerprint density at radius 1 is 0.897 bits per heavy atom. The number of alkyl halides is 3. The Balaban J connectivity index is 1.67. The highest BCUT2D eigenvalue weighted by atomic mass is 32.2. The van der Waals surface area contributed by atoms with Crippen LogP contribution in [0.3, 0.4) is 0 Å². The van der Waals surface area contributed by atoms with Crippen molar-refractivity contribution in [1.29, 1.82) is 0 Å². The number of benzene rings is 3. The fourth-order valence-corrected chi connectivity index (χ4v) is 4.34. The third kappa shape index (κ3) is 4.32. The standard InChI is InChI=1S/C23H18F3NOS/c24-23(25,26)19-11-7-10-18(14-19)22(16-29-20-12-5-2-6-13-20)15-21(27-28-22)17-8-3-1-4-9-17/h1-14H,15-16H2/t22-/m1/s1. The molecule has 0 unspecified atom stereocenters. The van der Waals surface area contributed by atoms with Gasteiger partial charge in [-0.05, 0) is 35.4 Å². The van der Waals surface area contributed by atoms with Gasteiger partial charge in [0.15, 0.2) is 5.60 Å². The lowest BCUT2D eigenvalue weighted by atomic mass is 9.88. The van der Waals surface area contributed by atoms with Crippen molar-refractivity contribution in [3.05, 3.63) is 102 Å². The monoisotopic (exact) mass is 413 g/mol. The molecular weight excluding hydrogens is 395 g/mol. The molecule has 29 heavy (non-hydrogen) atoms. The first-order valence-electron chi connectivity index (χ1n) is 9.12. The van der Waals surface area contributed by atoms with Gasteiger partial charge in [0.25, 0.3) is 0 Å². The Kier molecular flexibility index (Phi) is 5.37. The van der Waals surface area contributed by atoms with E-state index in [4.69, 9.17) is 4.84 Å². The van der Waals surface area contributed by atoms with E-state index in [2.05, 4.69) is 5.16 Å². The summed E-state index contributed by atoms with van der Waals surface area (Å²) < 4.78 is 39.9. The second kappa shape index (κ2) is 7.95. The van der Waals surface area contributed by atoms with E-state index in [0.29, 0.717) is 17.7 Å². The molecule has 148 valence electrons. The summed E-state index contributed by atoms with van der Waals surface area (Å²) in [7, 11) is 0. The fourth-order valence-electron chi connectivity index (χ4n) is 3.27. The van der Waals surface area contributed by atoms with E-state index in [0.717, 1.165) is 22.2 Å². The van der Waals surface area contributed by atoms with Crippen LogP contribution in [0.2, 0.25) is 0 Å². The van der Waals surface area contributed by atoms with Crippen LogP contribution in [0, 0.1) is 0 Å². The summed E-state index contributed by atoms with van der Waals surface area (Å²) in [5.74, 6) is 0.443. The molecule has 3 aromatic carbocycles. The van der Waals surface area contributed by atoms with E-state index >= 15 is 0 Å². The topological polar surface area (TPSA) is 21.6 Å². The van der Waals surface area contributed by atoms with Crippen molar-refractivity contribution in [2.75, 3.05) is 5.75 Å². The Labute approximate surface area is 171 Å². The van der Waals surface area contributed by atoms with Gasteiger partial charge < -0.3 is 4.84 Å². The molecule has 2 nitrogen and oxygen atoms in total. The third-order valence-corrected chi connectivity index (χ3v) is 6.04. The molecule has 0 spiro atoms. The van der Waals surface area contributed by atoms with Gasteiger partial charge in [0.05, 0.1) is 11.3 Å². The van der Waals surface area contributed by atoms with Gasteiger partial charge in [-0.3, -0.25) is 0 Å². The number of nitrogens with zero attached hydrogens (tertiary/aromatic N) is 1. The molecule has 1 aliphatic heterocycles. The molecule has 1 aliphatic rings. The summed E-state index contributed by atoms with van der Waals surface area (Å²) in [5, 5.41) is 4.26. The zero-order valence-electron chi connectivity index (χ0n) is 15.4. The normalized spacial score (nSPS) is 18.9. The maximum absolute atomic E-state index is 13.3.